The predicted octanol–water partition coefficient (Wildman–Crippen LogP) is 15.8. The molecule has 1 aliphatic rings. The van der Waals surface area contributed by atoms with Crippen molar-refractivity contribution in [3.8, 4) is 11.4 Å². The van der Waals surface area contributed by atoms with Gasteiger partial charge in [-0.2, -0.15) is 0 Å². The number of aliphatic imine (C=N–C) groups is 2. The smallest absolute Gasteiger partial charge is 0.235 e. The number of furan rings is 1. The number of nitrogens with zero attached hydrogens (tertiary/aromatic N) is 5. The fraction of sp³-hybridized carbons (Fsp3) is 0.0492. The zero-order valence-corrected chi connectivity index (χ0v) is 36.7. The van der Waals surface area contributed by atoms with E-state index < -0.39 is 0 Å². The average molecular weight is 860 g/mol. The Morgan fingerprint density at radius 1 is 0.388 bits per heavy atom. The summed E-state index contributed by atoms with van der Waals surface area (Å²) in [6, 6.07) is 73.8. The lowest BCUT2D eigenvalue weighted by Crippen LogP contribution is -2.16. The van der Waals surface area contributed by atoms with Crippen LogP contribution >= 0.6 is 0 Å². The van der Waals surface area contributed by atoms with Crippen LogP contribution in [0.25, 0.3) is 104 Å². The Bertz CT molecular complexity index is 4270. The van der Waals surface area contributed by atoms with Crippen LogP contribution in [0, 0.1) is 0 Å². The fourth-order valence-corrected chi connectivity index (χ4v) is 10.9. The summed E-state index contributed by atoms with van der Waals surface area (Å²) in [6.45, 7) is 2.24. The van der Waals surface area contributed by atoms with E-state index in [9.17, 15) is 0 Å². The van der Waals surface area contributed by atoms with Gasteiger partial charge in [0.2, 0.25) is 5.96 Å². The van der Waals surface area contributed by atoms with Gasteiger partial charge < -0.3 is 13.6 Å². The molecule has 14 rings (SSSR count). The Kier molecular flexibility index (Phi) is 8.22. The molecule has 0 spiro atoms. The molecule has 9 aromatic carbocycles. The number of benzene rings is 9. The van der Waals surface area contributed by atoms with Gasteiger partial charge in [0.05, 0.1) is 44.5 Å². The summed E-state index contributed by atoms with van der Waals surface area (Å²) in [5, 5.41) is 9.37. The van der Waals surface area contributed by atoms with Crippen molar-refractivity contribution >= 4 is 105 Å². The van der Waals surface area contributed by atoms with Crippen molar-refractivity contribution < 1.29 is 4.42 Å². The third-order valence-electron chi connectivity index (χ3n) is 13.9. The molecule has 0 radical (unpaired) electrons. The van der Waals surface area contributed by atoms with Crippen LogP contribution in [-0.2, 0) is 0 Å². The molecule has 0 unspecified atom stereocenters. The molecule has 0 aliphatic carbocycles. The molecule has 0 N–H and O–H groups in total. The van der Waals surface area contributed by atoms with Gasteiger partial charge in [-0.3, -0.25) is 4.57 Å². The van der Waals surface area contributed by atoms with E-state index in [-0.39, 0.29) is 0 Å². The number of aromatic nitrogens is 3. The van der Waals surface area contributed by atoms with E-state index in [1.807, 2.05) is 12.1 Å². The first kappa shape index (κ1) is 37.6. The topological polar surface area (TPSA) is 52.6 Å². The third-order valence-corrected chi connectivity index (χ3v) is 13.9. The average Bonchev–Trinajstić information content (AvgIpc) is 4.12. The standard InChI is InChI=1S/C61H41N5O/c1-38-28-34-50(39-29-32-47-46-22-11-15-27-56(46)67-57(47)37-39)62-61(63-59(38)40-30-31-45-43-20-8-12-24-51(43)64(55(45)36-40)41-16-4-2-5-17-41)66-53-26-14-10-23-49(53)58-54(66)35-33-48-44-21-9-13-25-52(44)65(60(48)58)42-18-6-3-7-19-42/h2-27,29-33,35-37H,28,34H2,1H3/b59-38-,62-50?,63-61?. The summed E-state index contributed by atoms with van der Waals surface area (Å²) >= 11 is 0. The van der Waals surface area contributed by atoms with Crippen LogP contribution in [0.5, 0.6) is 0 Å². The van der Waals surface area contributed by atoms with E-state index in [2.05, 4.69) is 215 Å². The van der Waals surface area contributed by atoms with Crippen molar-refractivity contribution in [1.82, 2.24) is 13.7 Å². The normalized spacial score (nSPS) is 14.8. The molecule has 0 atom stereocenters. The highest BCUT2D eigenvalue weighted by molar-refractivity contribution is 6.28. The number of hydrogen-bond acceptors (Lipinski definition) is 3. The first-order valence-electron chi connectivity index (χ1n) is 23.0. The minimum atomic E-state index is 0.616. The molecule has 0 bridgehead atoms. The minimum absolute atomic E-state index is 0.616. The lowest BCUT2D eigenvalue weighted by atomic mass is 9.97. The Morgan fingerprint density at radius 3 is 1.70 bits per heavy atom. The van der Waals surface area contributed by atoms with E-state index in [1.54, 1.807) is 0 Å². The molecule has 0 fully saturated rings. The Balaban J connectivity index is 1.06. The van der Waals surface area contributed by atoms with Gasteiger partial charge >= 0.3 is 0 Å². The number of fused-ring (bicyclic) bond motifs is 13. The first-order valence-corrected chi connectivity index (χ1v) is 23.0. The largest absolute Gasteiger partial charge is 0.456 e. The number of rotatable bonds is 4. The van der Waals surface area contributed by atoms with E-state index in [4.69, 9.17) is 14.4 Å². The summed E-state index contributed by atoms with van der Waals surface area (Å²) < 4.78 is 13.6. The molecule has 0 saturated heterocycles. The molecule has 67 heavy (non-hydrogen) atoms. The van der Waals surface area contributed by atoms with Crippen molar-refractivity contribution in [1.29, 1.82) is 0 Å². The highest BCUT2D eigenvalue weighted by Crippen LogP contribution is 2.42. The zero-order valence-electron chi connectivity index (χ0n) is 36.7. The molecule has 1 aliphatic heterocycles. The second-order valence-corrected chi connectivity index (χ2v) is 17.7. The fourth-order valence-electron chi connectivity index (χ4n) is 10.9. The lowest BCUT2D eigenvalue weighted by Gasteiger charge is -2.18. The maximum absolute atomic E-state index is 6.46. The minimum Gasteiger partial charge on any atom is -0.456 e. The van der Waals surface area contributed by atoms with Gasteiger partial charge in [-0.25, -0.2) is 9.98 Å². The molecule has 6 heteroatoms. The van der Waals surface area contributed by atoms with E-state index in [0.717, 1.165) is 102 Å². The van der Waals surface area contributed by atoms with Crippen molar-refractivity contribution in [3.05, 3.63) is 223 Å². The SMILES string of the molecule is C/C1=C(\c2ccc3c4ccccc4n(-c4ccccc4)c3c2)N=C(n2c3ccccc3c3c2ccc2c4ccccc4n(-c4ccccc4)c23)N=C(c2ccc3c(c2)oc2ccccc23)CC1. The maximum atomic E-state index is 6.46. The molecule has 4 aromatic heterocycles. The van der Waals surface area contributed by atoms with Gasteiger partial charge in [-0.1, -0.05) is 133 Å². The number of allylic oxidation sites excluding steroid dienone is 1. The van der Waals surface area contributed by atoms with E-state index >= 15 is 0 Å². The molecular weight excluding hydrogens is 819 g/mol. The second kappa shape index (κ2) is 14.6. The molecule has 0 amide bonds. The van der Waals surface area contributed by atoms with Gasteiger partial charge in [0, 0.05) is 60.0 Å². The van der Waals surface area contributed by atoms with Gasteiger partial charge in [0.25, 0.3) is 0 Å². The summed E-state index contributed by atoms with van der Waals surface area (Å²) in [7, 11) is 0. The van der Waals surface area contributed by atoms with Crippen LogP contribution in [0.15, 0.2) is 226 Å². The monoisotopic (exact) mass is 859 g/mol. The number of para-hydroxylation sites is 6. The third kappa shape index (κ3) is 5.69. The zero-order chi connectivity index (χ0) is 44.2. The Hall–Kier alpha value is -8.74. The van der Waals surface area contributed by atoms with Crippen LogP contribution < -0.4 is 0 Å². The molecule has 13 aromatic rings. The Labute approximate surface area is 385 Å². The molecule has 5 heterocycles. The lowest BCUT2D eigenvalue weighted by molar-refractivity contribution is 0.669. The summed E-state index contributed by atoms with van der Waals surface area (Å²) in [4.78, 5) is 11.5. The quantitative estimate of drug-likeness (QED) is 0.174. The van der Waals surface area contributed by atoms with Crippen molar-refractivity contribution in [2.24, 2.45) is 9.98 Å². The molecule has 6 nitrogen and oxygen atoms in total. The van der Waals surface area contributed by atoms with Crippen molar-refractivity contribution in [3.63, 3.8) is 0 Å². The predicted molar refractivity (Wildman–Crippen MR) is 279 cm³/mol. The van der Waals surface area contributed by atoms with Crippen LogP contribution in [0.1, 0.15) is 30.9 Å². The first-order chi connectivity index (χ1) is 33.2. The molecule has 316 valence electrons. The Morgan fingerprint density at radius 2 is 0.940 bits per heavy atom. The van der Waals surface area contributed by atoms with E-state index in [1.165, 1.54) is 38.2 Å². The van der Waals surface area contributed by atoms with E-state index in [0.29, 0.717) is 5.96 Å². The summed E-state index contributed by atoms with van der Waals surface area (Å²) in [6.07, 6.45) is 1.50. The van der Waals surface area contributed by atoms with Crippen molar-refractivity contribution in [2.45, 2.75) is 19.8 Å². The van der Waals surface area contributed by atoms with Crippen LogP contribution in [0.3, 0.4) is 0 Å². The summed E-state index contributed by atoms with van der Waals surface area (Å²) in [5.41, 5.74) is 15.9. The summed E-state index contributed by atoms with van der Waals surface area (Å²) in [5.74, 6) is 0.616. The molecular formula is C61H41N5O. The van der Waals surface area contributed by atoms with Gasteiger partial charge in [0.1, 0.15) is 11.2 Å². The maximum Gasteiger partial charge on any atom is 0.235 e. The van der Waals surface area contributed by atoms with Gasteiger partial charge in [-0.15, -0.1) is 0 Å². The highest BCUT2D eigenvalue weighted by atomic mass is 16.3. The highest BCUT2D eigenvalue weighted by Gasteiger charge is 2.25. The van der Waals surface area contributed by atoms with Crippen LogP contribution in [0.4, 0.5) is 0 Å². The van der Waals surface area contributed by atoms with Crippen LogP contribution in [0.2, 0.25) is 0 Å². The van der Waals surface area contributed by atoms with Crippen LogP contribution in [-0.4, -0.2) is 25.4 Å². The second-order valence-electron chi connectivity index (χ2n) is 17.7. The number of hydrogen-bond donors (Lipinski definition) is 0. The molecule has 0 saturated carbocycles. The van der Waals surface area contributed by atoms with Gasteiger partial charge in [0.15, 0.2) is 0 Å². The van der Waals surface area contributed by atoms with Crippen molar-refractivity contribution in [2.75, 3.05) is 0 Å². The van der Waals surface area contributed by atoms with Gasteiger partial charge in [-0.05, 0) is 104 Å².